The summed E-state index contributed by atoms with van der Waals surface area (Å²) >= 11 is 0. The summed E-state index contributed by atoms with van der Waals surface area (Å²) in [6.07, 6.45) is -4.34. The molecule has 3 nitrogen and oxygen atoms in total. The second kappa shape index (κ2) is 4.37. The van der Waals surface area contributed by atoms with Gasteiger partial charge >= 0.3 is 6.18 Å². The van der Waals surface area contributed by atoms with Gasteiger partial charge in [0.1, 0.15) is 6.61 Å². The molecule has 92 valence electrons. The highest BCUT2D eigenvalue weighted by Crippen LogP contribution is 2.30. The van der Waals surface area contributed by atoms with Gasteiger partial charge in [-0.05, 0) is 17.7 Å². The molecular formula is C11H10F3NO2. The standard InChI is InChI=1S/C11H10F3NO2/c12-11(13,14)8-3-1-7(2-4-8)9-5-17-6-10(16)15-9/h1-4,9H,5-6H2,(H,15,16)/t9-/m0/s1. The molecule has 1 aromatic carbocycles. The van der Waals surface area contributed by atoms with Gasteiger partial charge in [0.25, 0.3) is 0 Å². The van der Waals surface area contributed by atoms with Crippen LogP contribution in [0.4, 0.5) is 13.2 Å². The van der Waals surface area contributed by atoms with Crippen molar-refractivity contribution in [3.63, 3.8) is 0 Å². The Morgan fingerprint density at radius 1 is 1.24 bits per heavy atom. The van der Waals surface area contributed by atoms with Gasteiger partial charge in [-0.3, -0.25) is 4.79 Å². The first-order chi connectivity index (χ1) is 7.97. The Morgan fingerprint density at radius 3 is 2.41 bits per heavy atom. The fraction of sp³-hybridized carbons (Fsp3) is 0.364. The number of ether oxygens (including phenoxy) is 1. The van der Waals surface area contributed by atoms with Crippen molar-refractivity contribution < 1.29 is 22.7 Å². The fourth-order valence-corrected chi connectivity index (χ4v) is 1.63. The second-order valence-corrected chi connectivity index (χ2v) is 3.75. The molecule has 1 heterocycles. The summed E-state index contributed by atoms with van der Waals surface area (Å²) in [5.41, 5.74) is -0.102. The van der Waals surface area contributed by atoms with Gasteiger partial charge in [-0.2, -0.15) is 13.2 Å². The van der Waals surface area contributed by atoms with Crippen LogP contribution in [0.3, 0.4) is 0 Å². The summed E-state index contributed by atoms with van der Waals surface area (Å²) in [6, 6.07) is 4.32. The number of morpholine rings is 1. The zero-order valence-corrected chi connectivity index (χ0v) is 8.75. The van der Waals surface area contributed by atoms with E-state index in [2.05, 4.69) is 5.32 Å². The van der Waals surface area contributed by atoms with Gasteiger partial charge in [-0.25, -0.2) is 0 Å². The van der Waals surface area contributed by atoms with E-state index in [-0.39, 0.29) is 25.2 Å². The maximum atomic E-state index is 12.3. The molecule has 1 aliphatic rings. The smallest absolute Gasteiger partial charge is 0.369 e. The van der Waals surface area contributed by atoms with Crippen molar-refractivity contribution in [2.75, 3.05) is 13.2 Å². The summed E-state index contributed by atoms with van der Waals surface area (Å²) in [4.78, 5) is 11.1. The SMILES string of the molecule is O=C1COC[C@@H](c2ccc(C(F)(F)F)cc2)N1. The lowest BCUT2D eigenvalue weighted by Crippen LogP contribution is -2.39. The normalized spacial score (nSPS) is 21.1. The number of carbonyl (C=O) groups is 1. The molecule has 0 spiro atoms. The van der Waals surface area contributed by atoms with Gasteiger partial charge in [-0.1, -0.05) is 12.1 Å². The van der Waals surface area contributed by atoms with Crippen LogP contribution in [0, 0.1) is 0 Å². The molecule has 0 saturated carbocycles. The predicted octanol–water partition coefficient (Wildman–Crippen LogP) is 1.89. The summed E-state index contributed by atoms with van der Waals surface area (Å²) in [7, 11) is 0. The number of halogens is 3. The van der Waals surface area contributed by atoms with Crippen molar-refractivity contribution in [3.05, 3.63) is 35.4 Å². The molecule has 1 aliphatic heterocycles. The van der Waals surface area contributed by atoms with Crippen molar-refractivity contribution in [1.29, 1.82) is 0 Å². The molecule has 17 heavy (non-hydrogen) atoms. The molecule has 0 aliphatic carbocycles. The molecule has 0 bridgehead atoms. The van der Waals surface area contributed by atoms with E-state index in [0.29, 0.717) is 5.56 Å². The van der Waals surface area contributed by atoms with Gasteiger partial charge in [0, 0.05) is 0 Å². The Morgan fingerprint density at radius 2 is 1.88 bits per heavy atom. The minimum absolute atomic E-state index is 0.00284. The minimum Gasteiger partial charge on any atom is -0.369 e. The number of amides is 1. The van der Waals surface area contributed by atoms with Crippen LogP contribution in [0.2, 0.25) is 0 Å². The summed E-state index contributed by atoms with van der Waals surface area (Å²) in [5, 5.41) is 2.65. The first-order valence-corrected chi connectivity index (χ1v) is 5.01. The molecule has 0 radical (unpaired) electrons. The van der Waals surface area contributed by atoms with E-state index in [9.17, 15) is 18.0 Å². The number of benzene rings is 1. The lowest BCUT2D eigenvalue weighted by molar-refractivity contribution is -0.137. The number of nitrogens with one attached hydrogen (secondary N) is 1. The molecule has 1 N–H and O–H groups in total. The summed E-state index contributed by atoms with van der Waals surface area (Å²) in [6.45, 7) is 0.272. The first kappa shape index (κ1) is 11.9. The van der Waals surface area contributed by atoms with Crippen molar-refractivity contribution in [3.8, 4) is 0 Å². The highest BCUT2D eigenvalue weighted by Gasteiger charge is 2.30. The summed E-state index contributed by atoms with van der Waals surface area (Å²) in [5.74, 6) is -0.263. The van der Waals surface area contributed by atoms with E-state index < -0.39 is 11.7 Å². The third kappa shape index (κ3) is 2.76. The van der Waals surface area contributed by atoms with Crippen LogP contribution in [0.1, 0.15) is 17.2 Å². The van der Waals surface area contributed by atoms with Crippen molar-refractivity contribution in [1.82, 2.24) is 5.32 Å². The van der Waals surface area contributed by atoms with Gasteiger partial charge in [0.05, 0.1) is 18.2 Å². The predicted molar refractivity (Wildman–Crippen MR) is 53.1 cm³/mol. The lowest BCUT2D eigenvalue weighted by atomic mass is 10.0. The number of rotatable bonds is 1. The molecule has 1 atom stereocenters. The van der Waals surface area contributed by atoms with Crippen LogP contribution in [-0.4, -0.2) is 19.1 Å². The zero-order valence-electron chi connectivity index (χ0n) is 8.75. The Kier molecular flexibility index (Phi) is 3.06. The van der Waals surface area contributed by atoms with Crippen molar-refractivity contribution >= 4 is 5.91 Å². The lowest BCUT2D eigenvalue weighted by Gasteiger charge is -2.24. The van der Waals surface area contributed by atoms with Crippen molar-refractivity contribution in [2.45, 2.75) is 12.2 Å². The van der Waals surface area contributed by atoms with Crippen LogP contribution < -0.4 is 5.32 Å². The second-order valence-electron chi connectivity index (χ2n) is 3.75. The monoisotopic (exact) mass is 245 g/mol. The Labute approximate surface area is 95.6 Å². The third-order valence-electron chi connectivity index (χ3n) is 2.49. The molecule has 0 unspecified atom stereocenters. The number of carbonyl (C=O) groups excluding carboxylic acids is 1. The van der Waals surface area contributed by atoms with Crippen LogP contribution in [-0.2, 0) is 15.7 Å². The summed E-state index contributed by atoms with van der Waals surface area (Å²) < 4.78 is 42.0. The van der Waals surface area contributed by atoms with Gasteiger partial charge in [-0.15, -0.1) is 0 Å². The molecule has 6 heteroatoms. The average Bonchev–Trinajstić information content (AvgIpc) is 2.28. The van der Waals surface area contributed by atoms with E-state index in [1.165, 1.54) is 12.1 Å². The fourth-order valence-electron chi connectivity index (χ4n) is 1.63. The topological polar surface area (TPSA) is 38.3 Å². The quantitative estimate of drug-likeness (QED) is 0.820. The van der Waals surface area contributed by atoms with E-state index in [1.807, 2.05) is 0 Å². The van der Waals surface area contributed by atoms with Crippen LogP contribution in [0.5, 0.6) is 0 Å². The Hall–Kier alpha value is -1.56. The van der Waals surface area contributed by atoms with Gasteiger partial charge in [0.15, 0.2) is 0 Å². The maximum absolute atomic E-state index is 12.3. The number of alkyl halides is 3. The largest absolute Gasteiger partial charge is 0.416 e. The third-order valence-corrected chi connectivity index (χ3v) is 2.49. The van der Waals surface area contributed by atoms with Crippen LogP contribution in [0.25, 0.3) is 0 Å². The molecule has 1 saturated heterocycles. The molecule has 1 amide bonds. The van der Waals surface area contributed by atoms with Crippen molar-refractivity contribution in [2.24, 2.45) is 0 Å². The van der Waals surface area contributed by atoms with Crippen LogP contribution >= 0.6 is 0 Å². The maximum Gasteiger partial charge on any atom is 0.416 e. The first-order valence-electron chi connectivity index (χ1n) is 5.01. The van der Waals surface area contributed by atoms with E-state index in [0.717, 1.165) is 12.1 Å². The zero-order chi connectivity index (χ0) is 12.5. The molecule has 0 aromatic heterocycles. The Balaban J connectivity index is 2.15. The van der Waals surface area contributed by atoms with E-state index in [4.69, 9.17) is 4.74 Å². The molecule has 1 aromatic rings. The molecule has 2 rings (SSSR count). The highest BCUT2D eigenvalue weighted by atomic mass is 19.4. The Bertz CT molecular complexity index is 414. The molecular weight excluding hydrogens is 235 g/mol. The van der Waals surface area contributed by atoms with Crippen LogP contribution in [0.15, 0.2) is 24.3 Å². The van der Waals surface area contributed by atoms with E-state index in [1.54, 1.807) is 0 Å². The van der Waals surface area contributed by atoms with Gasteiger partial charge in [0.2, 0.25) is 5.91 Å². The minimum atomic E-state index is -4.34. The average molecular weight is 245 g/mol. The number of hydrogen-bond acceptors (Lipinski definition) is 2. The number of hydrogen-bond donors (Lipinski definition) is 1. The van der Waals surface area contributed by atoms with E-state index >= 15 is 0 Å². The molecule has 1 fully saturated rings. The van der Waals surface area contributed by atoms with Gasteiger partial charge < -0.3 is 10.1 Å². The highest BCUT2D eigenvalue weighted by molar-refractivity contribution is 5.78.